The normalized spacial score (nSPS) is 13.0. The summed E-state index contributed by atoms with van der Waals surface area (Å²) in [6.07, 6.45) is 3.46. The minimum Gasteiger partial charge on any atom is -0.282 e. The van der Waals surface area contributed by atoms with Gasteiger partial charge in [0.05, 0.1) is 10.9 Å². The van der Waals surface area contributed by atoms with Gasteiger partial charge in [0.25, 0.3) is 15.5 Å². The van der Waals surface area contributed by atoms with Gasteiger partial charge in [-0.2, -0.15) is 13.1 Å². The van der Waals surface area contributed by atoms with Gasteiger partial charge in [-0.1, -0.05) is 66.7 Å². The van der Waals surface area contributed by atoms with E-state index in [1.807, 2.05) is 66.7 Å². The van der Waals surface area contributed by atoms with E-state index in [4.69, 9.17) is 0 Å². The third-order valence-corrected chi connectivity index (χ3v) is 6.04. The monoisotopic (exact) mass is 425 g/mol. The van der Waals surface area contributed by atoms with Crippen LogP contribution in [0.25, 0.3) is 22.9 Å². The van der Waals surface area contributed by atoms with Crippen LogP contribution >= 0.6 is 0 Å². The second-order valence-electron chi connectivity index (χ2n) is 7.17. The highest BCUT2D eigenvalue weighted by atomic mass is 32.2. The number of benzene rings is 4. The standard InChI is InChI=1S/C25H16N2O3S/c28-31(29,30)23-16-20(13-12-19(23)11-10-17-6-2-1-3-7-17)25-26-22-15-14-18-8-4-5-9-21(18)24(22)27-25/h1-16H/p+1/b11-10+. The van der Waals surface area contributed by atoms with Crippen molar-refractivity contribution < 1.29 is 13.0 Å². The van der Waals surface area contributed by atoms with E-state index in [1.54, 1.807) is 24.3 Å². The molecular formula is C25H17N2O3S+. The molecular weight excluding hydrogens is 408 g/mol. The number of hydrogen-bond donors (Lipinski definition) is 1. The second kappa shape index (κ2) is 7.45. The number of hydrogen-bond acceptors (Lipinski definition) is 3. The summed E-state index contributed by atoms with van der Waals surface area (Å²) < 4.78 is 38.6. The SMILES string of the molecule is O=S(=O)(O)c1cc(C2=[N+]=c3c(ccc4ccccc34)=N2)ccc1/C=C/c1ccccc1. The Bertz CT molecular complexity index is 1630. The molecule has 0 aromatic heterocycles. The average molecular weight is 425 g/mol. The highest BCUT2D eigenvalue weighted by Gasteiger charge is 2.24. The van der Waals surface area contributed by atoms with Crippen LogP contribution < -0.4 is 15.4 Å². The average Bonchev–Trinajstić information content (AvgIpc) is 3.23. The van der Waals surface area contributed by atoms with E-state index in [1.165, 1.54) is 6.07 Å². The fourth-order valence-corrected chi connectivity index (χ4v) is 4.32. The lowest BCUT2D eigenvalue weighted by Crippen LogP contribution is -2.24. The fourth-order valence-electron chi connectivity index (χ4n) is 3.61. The number of nitrogens with zero attached hydrogens (tertiary/aromatic N) is 2. The molecule has 0 fully saturated rings. The van der Waals surface area contributed by atoms with E-state index in [-0.39, 0.29) is 4.90 Å². The first kappa shape index (κ1) is 19.2. The van der Waals surface area contributed by atoms with Gasteiger partial charge in [-0.25, -0.2) is 0 Å². The van der Waals surface area contributed by atoms with Crippen LogP contribution in [0.1, 0.15) is 16.7 Å². The van der Waals surface area contributed by atoms with Gasteiger partial charge in [0.1, 0.15) is 4.90 Å². The minimum atomic E-state index is -4.44. The fraction of sp³-hybridized carbons (Fsp3) is 0. The summed E-state index contributed by atoms with van der Waals surface area (Å²) in [6.45, 7) is 0. The molecule has 0 bridgehead atoms. The van der Waals surface area contributed by atoms with Crippen molar-refractivity contribution in [2.24, 2.45) is 4.99 Å². The van der Waals surface area contributed by atoms with Crippen molar-refractivity contribution in [2.75, 3.05) is 0 Å². The van der Waals surface area contributed by atoms with Crippen LogP contribution in [0, 0.1) is 0 Å². The van der Waals surface area contributed by atoms with Gasteiger partial charge in [0.15, 0.2) is 0 Å². The van der Waals surface area contributed by atoms with Crippen molar-refractivity contribution in [1.29, 1.82) is 0 Å². The quantitative estimate of drug-likeness (QED) is 0.310. The molecule has 0 unspecified atom stereocenters. The lowest BCUT2D eigenvalue weighted by Gasteiger charge is -2.04. The van der Waals surface area contributed by atoms with E-state index in [0.717, 1.165) is 27.1 Å². The summed E-state index contributed by atoms with van der Waals surface area (Å²) in [5, 5.41) is 3.53. The molecule has 0 atom stereocenters. The van der Waals surface area contributed by atoms with Crippen molar-refractivity contribution in [1.82, 2.24) is 4.67 Å². The second-order valence-corrected chi connectivity index (χ2v) is 8.56. The molecule has 0 radical (unpaired) electrons. The van der Waals surface area contributed by atoms with Crippen molar-refractivity contribution in [3.63, 3.8) is 0 Å². The third kappa shape index (κ3) is 3.71. The lowest BCUT2D eigenvalue weighted by atomic mass is 10.1. The van der Waals surface area contributed by atoms with Gasteiger partial charge in [-0.15, -0.1) is 0 Å². The predicted molar refractivity (Wildman–Crippen MR) is 122 cm³/mol. The first-order valence-corrected chi connectivity index (χ1v) is 11.1. The molecule has 150 valence electrons. The smallest absolute Gasteiger partial charge is 0.282 e. The molecule has 31 heavy (non-hydrogen) atoms. The Labute approximate surface area is 178 Å². The van der Waals surface area contributed by atoms with E-state index in [0.29, 0.717) is 17.0 Å². The first-order valence-electron chi connectivity index (χ1n) is 9.66. The third-order valence-electron chi connectivity index (χ3n) is 5.13. The molecule has 1 N–H and O–H groups in total. The van der Waals surface area contributed by atoms with Crippen LogP contribution in [0.3, 0.4) is 0 Å². The topological polar surface area (TPSA) is 80.8 Å². The maximum Gasteiger partial charge on any atom is 0.423 e. The van der Waals surface area contributed by atoms with E-state index in [2.05, 4.69) is 9.66 Å². The van der Waals surface area contributed by atoms with Crippen LogP contribution in [-0.4, -0.2) is 18.8 Å². The molecule has 0 aliphatic carbocycles. The highest BCUT2D eigenvalue weighted by molar-refractivity contribution is 7.86. The van der Waals surface area contributed by atoms with Crippen LogP contribution in [0.4, 0.5) is 0 Å². The van der Waals surface area contributed by atoms with Crippen molar-refractivity contribution in [2.45, 2.75) is 4.90 Å². The minimum absolute atomic E-state index is 0.184. The molecule has 1 heterocycles. The van der Waals surface area contributed by atoms with Crippen LogP contribution in [-0.2, 0) is 10.1 Å². The number of fused-ring (bicyclic) bond motifs is 3. The number of amidine groups is 1. The number of rotatable bonds is 4. The van der Waals surface area contributed by atoms with Gasteiger partial charge in [0, 0.05) is 0 Å². The Kier molecular flexibility index (Phi) is 4.60. The van der Waals surface area contributed by atoms with E-state index >= 15 is 0 Å². The summed E-state index contributed by atoms with van der Waals surface area (Å²) in [5.74, 6) is 0.412. The highest BCUT2D eigenvalue weighted by Crippen LogP contribution is 2.21. The molecule has 1 aliphatic heterocycles. The van der Waals surface area contributed by atoms with Crippen LogP contribution in [0.15, 0.2) is 94.8 Å². The summed E-state index contributed by atoms with van der Waals surface area (Å²) in [4.78, 5) is 4.39. The Balaban J connectivity index is 1.65. The lowest BCUT2D eigenvalue weighted by molar-refractivity contribution is 0.483. The van der Waals surface area contributed by atoms with Gasteiger partial charge >= 0.3 is 5.84 Å². The molecule has 5 rings (SSSR count). The molecule has 0 saturated heterocycles. The maximum atomic E-state index is 12.1. The Morgan fingerprint density at radius 3 is 2.42 bits per heavy atom. The zero-order valence-electron chi connectivity index (χ0n) is 16.3. The maximum absolute atomic E-state index is 12.1. The molecule has 0 amide bonds. The van der Waals surface area contributed by atoms with Crippen molar-refractivity contribution in [3.8, 4) is 0 Å². The van der Waals surface area contributed by atoms with Gasteiger partial charge in [-0.3, -0.25) is 4.55 Å². The first-order chi connectivity index (χ1) is 15.0. The summed E-state index contributed by atoms with van der Waals surface area (Å²) in [7, 11) is -4.44. The van der Waals surface area contributed by atoms with Gasteiger partial charge < -0.3 is 0 Å². The Morgan fingerprint density at radius 2 is 1.61 bits per heavy atom. The summed E-state index contributed by atoms with van der Waals surface area (Å²) in [6, 6.07) is 26.1. The molecule has 6 heteroatoms. The molecule has 0 spiro atoms. The molecule has 5 nitrogen and oxygen atoms in total. The largest absolute Gasteiger partial charge is 0.423 e. The predicted octanol–water partition coefficient (Wildman–Crippen LogP) is 3.02. The molecule has 0 saturated carbocycles. The summed E-state index contributed by atoms with van der Waals surface area (Å²) >= 11 is 0. The van der Waals surface area contributed by atoms with Crippen molar-refractivity contribution in [3.05, 3.63) is 112 Å². The zero-order chi connectivity index (χ0) is 21.4. The zero-order valence-corrected chi connectivity index (χ0v) is 17.1. The molecule has 4 aromatic carbocycles. The molecule has 1 aliphatic rings. The van der Waals surface area contributed by atoms with Gasteiger partial charge in [0.2, 0.25) is 5.36 Å². The summed E-state index contributed by atoms with van der Waals surface area (Å²) in [5.41, 5.74) is 1.83. The van der Waals surface area contributed by atoms with Crippen molar-refractivity contribution >= 4 is 38.9 Å². The van der Waals surface area contributed by atoms with Gasteiger partial charge in [-0.05, 0) is 51.8 Å². The van der Waals surface area contributed by atoms with Crippen LogP contribution in [0.5, 0.6) is 0 Å². The Hall–Kier alpha value is -3.83. The Morgan fingerprint density at radius 1 is 0.839 bits per heavy atom. The van der Waals surface area contributed by atoms with Crippen LogP contribution in [0.2, 0.25) is 0 Å². The van der Waals surface area contributed by atoms with E-state index in [9.17, 15) is 13.0 Å². The molecule has 4 aromatic rings. The van der Waals surface area contributed by atoms with E-state index < -0.39 is 10.1 Å².